The number of carbonyl (C=O) groups excluding carboxylic acids is 2. The molecule has 19 heavy (non-hydrogen) atoms. The monoisotopic (exact) mass is 281 g/mol. The fourth-order valence-corrected chi connectivity index (χ4v) is 2.66. The van der Waals surface area contributed by atoms with Crippen molar-refractivity contribution in [2.75, 3.05) is 6.54 Å². The molecule has 1 aliphatic carbocycles. The zero-order chi connectivity index (χ0) is 13.8. The third kappa shape index (κ3) is 4.33. The third-order valence-corrected chi connectivity index (χ3v) is 4.21. The van der Waals surface area contributed by atoms with Gasteiger partial charge in [0.2, 0.25) is 5.91 Å². The molecule has 1 unspecified atom stereocenters. The molecule has 104 valence electrons. The van der Waals surface area contributed by atoms with Gasteiger partial charge in [-0.2, -0.15) is 0 Å². The number of amides is 2. The summed E-state index contributed by atoms with van der Waals surface area (Å²) in [5.74, 6) is 0.420. The summed E-state index contributed by atoms with van der Waals surface area (Å²) in [5.41, 5.74) is 5.93. The largest absolute Gasteiger partial charge is 0.351 e. The highest BCUT2D eigenvalue weighted by atomic mass is 32.1. The molecule has 0 aliphatic heterocycles. The predicted octanol–water partition coefficient (Wildman–Crippen LogP) is 0.851. The van der Waals surface area contributed by atoms with Crippen LogP contribution in [-0.4, -0.2) is 24.4 Å². The lowest BCUT2D eigenvalue weighted by Crippen LogP contribution is -2.38. The van der Waals surface area contributed by atoms with Crippen molar-refractivity contribution in [3.05, 3.63) is 21.9 Å². The van der Waals surface area contributed by atoms with Gasteiger partial charge in [-0.1, -0.05) is 0 Å². The molecular weight excluding hydrogens is 262 g/mol. The summed E-state index contributed by atoms with van der Waals surface area (Å²) < 4.78 is 0. The van der Waals surface area contributed by atoms with Gasteiger partial charge in [-0.25, -0.2) is 0 Å². The van der Waals surface area contributed by atoms with Crippen LogP contribution in [0.3, 0.4) is 0 Å². The lowest BCUT2D eigenvalue weighted by atomic mass is 10.2. The smallest absolute Gasteiger partial charge is 0.261 e. The maximum atomic E-state index is 11.9. The molecule has 1 heterocycles. The van der Waals surface area contributed by atoms with Crippen molar-refractivity contribution in [1.29, 1.82) is 0 Å². The summed E-state index contributed by atoms with van der Waals surface area (Å²) in [6, 6.07) is 3.71. The average molecular weight is 281 g/mol. The van der Waals surface area contributed by atoms with Gasteiger partial charge in [-0.3, -0.25) is 9.59 Å². The average Bonchev–Trinajstić information content (AvgIpc) is 3.12. The van der Waals surface area contributed by atoms with E-state index in [4.69, 9.17) is 5.73 Å². The predicted molar refractivity (Wildman–Crippen MR) is 74.9 cm³/mol. The fraction of sp³-hybridized carbons (Fsp3) is 0.538. The van der Waals surface area contributed by atoms with Crippen LogP contribution in [-0.2, 0) is 11.3 Å². The number of thiophene rings is 1. The highest BCUT2D eigenvalue weighted by Crippen LogP contribution is 2.31. The Bertz CT molecular complexity index is 468. The van der Waals surface area contributed by atoms with Crippen LogP contribution >= 0.6 is 11.3 Å². The minimum absolute atomic E-state index is 0.0720. The Kier molecular flexibility index (Phi) is 4.55. The Hall–Kier alpha value is -1.40. The number of hydrogen-bond donors (Lipinski definition) is 3. The van der Waals surface area contributed by atoms with Gasteiger partial charge in [0.1, 0.15) is 0 Å². The molecule has 0 bridgehead atoms. The first-order chi connectivity index (χ1) is 9.06. The van der Waals surface area contributed by atoms with Crippen LogP contribution in [0.5, 0.6) is 0 Å². The molecule has 4 N–H and O–H groups in total. The lowest BCUT2D eigenvalue weighted by molar-refractivity contribution is -0.119. The second kappa shape index (κ2) is 6.16. The standard InChI is InChI=1S/C13H19N3O2S/c1-8(17)15-6-10-4-5-12(19-10)13(18)16-7-11(14)9-2-3-9/h4-5,9,11H,2-3,6-7,14H2,1H3,(H,15,17)(H,16,18). The Morgan fingerprint density at radius 1 is 1.42 bits per heavy atom. The van der Waals surface area contributed by atoms with Crippen LogP contribution in [0.15, 0.2) is 12.1 Å². The molecule has 1 aromatic heterocycles. The van der Waals surface area contributed by atoms with Crippen molar-refractivity contribution in [2.24, 2.45) is 11.7 Å². The highest BCUT2D eigenvalue weighted by molar-refractivity contribution is 7.14. The number of nitrogens with one attached hydrogen (secondary N) is 2. The van der Waals surface area contributed by atoms with E-state index in [1.807, 2.05) is 6.07 Å². The van der Waals surface area contributed by atoms with E-state index in [-0.39, 0.29) is 17.9 Å². The second-order valence-corrected chi connectivity index (χ2v) is 6.06. The topological polar surface area (TPSA) is 84.2 Å². The molecule has 1 aromatic rings. The highest BCUT2D eigenvalue weighted by Gasteiger charge is 2.28. The van der Waals surface area contributed by atoms with Gasteiger partial charge in [-0.05, 0) is 30.9 Å². The van der Waals surface area contributed by atoms with Crippen LogP contribution in [0.2, 0.25) is 0 Å². The van der Waals surface area contributed by atoms with Crippen LogP contribution in [0, 0.1) is 5.92 Å². The van der Waals surface area contributed by atoms with Crippen LogP contribution in [0.4, 0.5) is 0 Å². The molecule has 6 heteroatoms. The van der Waals surface area contributed by atoms with Crippen molar-refractivity contribution in [3.8, 4) is 0 Å². The van der Waals surface area contributed by atoms with Crippen molar-refractivity contribution in [1.82, 2.24) is 10.6 Å². The van der Waals surface area contributed by atoms with E-state index < -0.39 is 0 Å². The molecule has 1 saturated carbocycles. The van der Waals surface area contributed by atoms with Gasteiger partial charge >= 0.3 is 0 Å². The van der Waals surface area contributed by atoms with E-state index >= 15 is 0 Å². The molecule has 2 rings (SSSR count). The molecule has 1 aliphatic rings. The molecule has 0 saturated heterocycles. The Labute approximate surface area is 116 Å². The van der Waals surface area contributed by atoms with Crippen molar-refractivity contribution in [3.63, 3.8) is 0 Å². The summed E-state index contributed by atoms with van der Waals surface area (Å²) in [6.45, 7) is 2.47. The SMILES string of the molecule is CC(=O)NCc1ccc(C(=O)NCC(N)C2CC2)s1. The van der Waals surface area contributed by atoms with E-state index in [1.165, 1.54) is 31.1 Å². The molecule has 0 radical (unpaired) electrons. The summed E-state index contributed by atoms with van der Waals surface area (Å²) in [6.07, 6.45) is 2.35. The molecule has 1 atom stereocenters. The lowest BCUT2D eigenvalue weighted by Gasteiger charge is -2.10. The zero-order valence-electron chi connectivity index (χ0n) is 10.9. The molecule has 1 fully saturated rings. The van der Waals surface area contributed by atoms with Crippen LogP contribution < -0.4 is 16.4 Å². The quantitative estimate of drug-likeness (QED) is 0.723. The van der Waals surface area contributed by atoms with Gasteiger partial charge in [0, 0.05) is 24.4 Å². The van der Waals surface area contributed by atoms with E-state index in [0.29, 0.717) is 23.9 Å². The first kappa shape index (κ1) is 14.0. The normalized spacial score (nSPS) is 15.9. The Balaban J connectivity index is 1.79. The molecule has 0 aromatic carbocycles. The summed E-state index contributed by atoms with van der Waals surface area (Å²) >= 11 is 1.39. The number of nitrogens with two attached hydrogens (primary N) is 1. The summed E-state index contributed by atoms with van der Waals surface area (Å²) in [7, 11) is 0. The summed E-state index contributed by atoms with van der Waals surface area (Å²) in [5, 5.41) is 5.56. The van der Waals surface area contributed by atoms with Gasteiger partial charge in [0.15, 0.2) is 0 Å². The minimum Gasteiger partial charge on any atom is -0.351 e. The first-order valence-corrected chi connectivity index (χ1v) is 7.25. The van der Waals surface area contributed by atoms with E-state index in [0.717, 1.165) is 4.88 Å². The molecule has 2 amide bonds. The Morgan fingerprint density at radius 2 is 2.16 bits per heavy atom. The van der Waals surface area contributed by atoms with Crippen molar-refractivity contribution in [2.45, 2.75) is 32.4 Å². The molecule has 0 spiro atoms. The number of hydrogen-bond acceptors (Lipinski definition) is 4. The minimum atomic E-state index is -0.0878. The van der Waals surface area contributed by atoms with Crippen molar-refractivity contribution < 1.29 is 9.59 Å². The van der Waals surface area contributed by atoms with Gasteiger partial charge in [0.05, 0.1) is 11.4 Å². The third-order valence-electron chi connectivity index (χ3n) is 3.12. The van der Waals surface area contributed by atoms with Crippen molar-refractivity contribution >= 4 is 23.2 Å². The second-order valence-electron chi connectivity index (χ2n) is 4.89. The first-order valence-electron chi connectivity index (χ1n) is 6.43. The molecular formula is C13H19N3O2S. The van der Waals surface area contributed by atoms with E-state index in [1.54, 1.807) is 6.07 Å². The van der Waals surface area contributed by atoms with Gasteiger partial charge in [0.25, 0.3) is 5.91 Å². The van der Waals surface area contributed by atoms with Crippen LogP contribution in [0.1, 0.15) is 34.3 Å². The number of carbonyl (C=O) groups is 2. The Morgan fingerprint density at radius 3 is 2.79 bits per heavy atom. The maximum absolute atomic E-state index is 11.9. The number of rotatable bonds is 6. The van der Waals surface area contributed by atoms with Crippen LogP contribution in [0.25, 0.3) is 0 Å². The van der Waals surface area contributed by atoms with E-state index in [9.17, 15) is 9.59 Å². The summed E-state index contributed by atoms with van der Waals surface area (Å²) in [4.78, 5) is 24.3. The van der Waals surface area contributed by atoms with Gasteiger partial charge in [-0.15, -0.1) is 11.3 Å². The van der Waals surface area contributed by atoms with E-state index in [2.05, 4.69) is 10.6 Å². The zero-order valence-corrected chi connectivity index (χ0v) is 11.8. The fourth-order valence-electron chi connectivity index (χ4n) is 1.80. The van der Waals surface area contributed by atoms with Gasteiger partial charge < -0.3 is 16.4 Å². The molecule has 5 nitrogen and oxygen atoms in total. The maximum Gasteiger partial charge on any atom is 0.261 e.